The van der Waals surface area contributed by atoms with Gasteiger partial charge >= 0.3 is 0 Å². The van der Waals surface area contributed by atoms with Crippen molar-refractivity contribution in [1.29, 1.82) is 0 Å². The topological polar surface area (TPSA) is 86.9 Å². The molecule has 0 unspecified atom stereocenters. The second kappa shape index (κ2) is 8.03. The van der Waals surface area contributed by atoms with Crippen LogP contribution >= 0.6 is 0 Å². The molecule has 0 spiro atoms. The van der Waals surface area contributed by atoms with Crippen molar-refractivity contribution in [2.45, 2.75) is 27.2 Å². The van der Waals surface area contributed by atoms with Gasteiger partial charge in [0, 0.05) is 19.0 Å². The number of H-pyrrole nitrogens is 1. The standard InChI is InChI=1S/C21H24N4O2/c1-13(2)10-11-22-20(27)16-6-4-15(5-7-16)17-8-9-18-19(12-17)25-21(24-18)23-14(3)26/h4-9,12-13H,10-11H2,1-3H3,(H,22,27)(H2,23,24,25,26). The van der Waals surface area contributed by atoms with Crippen LogP contribution in [0.1, 0.15) is 37.6 Å². The number of imidazole rings is 1. The molecule has 0 aliphatic heterocycles. The van der Waals surface area contributed by atoms with Gasteiger partial charge in [0.15, 0.2) is 0 Å². The molecule has 6 heteroatoms. The van der Waals surface area contributed by atoms with E-state index in [-0.39, 0.29) is 11.8 Å². The van der Waals surface area contributed by atoms with Gasteiger partial charge in [-0.25, -0.2) is 4.98 Å². The van der Waals surface area contributed by atoms with Gasteiger partial charge in [-0.1, -0.05) is 32.0 Å². The zero-order valence-electron chi connectivity index (χ0n) is 15.8. The zero-order chi connectivity index (χ0) is 19.4. The zero-order valence-corrected chi connectivity index (χ0v) is 15.8. The van der Waals surface area contributed by atoms with Crippen LogP contribution in [0.15, 0.2) is 42.5 Å². The van der Waals surface area contributed by atoms with Crippen molar-refractivity contribution in [2.24, 2.45) is 5.92 Å². The van der Waals surface area contributed by atoms with Gasteiger partial charge in [0.25, 0.3) is 5.91 Å². The fraction of sp³-hybridized carbons (Fsp3) is 0.286. The number of amides is 2. The third-order valence-electron chi connectivity index (χ3n) is 4.26. The normalized spacial score (nSPS) is 11.0. The third-order valence-corrected chi connectivity index (χ3v) is 4.26. The molecule has 2 aromatic carbocycles. The summed E-state index contributed by atoms with van der Waals surface area (Å²) in [6.07, 6.45) is 0.967. The van der Waals surface area contributed by atoms with E-state index in [4.69, 9.17) is 0 Å². The van der Waals surface area contributed by atoms with E-state index >= 15 is 0 Å². The average molecular weight is 364 g/mol. The summed E-state index contributed by atoms with van der Waals surface area (Å²) in [4.78, 5) is 30.8. The van der Waals surface area contributed by atoms with Gasteiger partial charge < -0.3 is 10.3 Å². The van der Waals surface area contributed by atoms with E-state index in [1.165, 1.54) is 6.92 Å². The molecule has 3 aromatic rings. The maximum Gasteiger partial charge on any atom is 0.251 e. The minimum Gasteiger partial charge on any atom is -0.352 e. The number of fused-ring (bicyclic) bond motifs is 1. The number of aromatic nitrogens is 2. The highest BCUT2D eigenvalue weighted by Gasteiger charge is 2.08. The second-order valence-corrected chi connectivity index (χ2v) is 7.01. The lowest BCUT2D eigenvalue weighted by Gasteiger charge is -2.08. The van der Waals surface area contributed by atoms with E-state index in [2.05, 4.69) is 34.4 Å². The van der Waals surface area contributed by atoms with E-state index < -0.39 is 0 Å². The van der Waals surface area contributed by atoms with Crippen LogP contribution in [-0.4, -0.2) is 28.3 Å². The summed E-state index contributed by atoms with van der Waals surface area (Å²) in [6, 6.07) is 13.4. The molecule has 1 aromatic heterocycles. The number of hydrogen-bond acceptors (Lipinski definition) is 3. The molecule has 6 nitrogen and oxygen atoms in total. The van der Waals surface area contributed by atoms with Crippen molar-refractivity contribution >= 4 is 28.8 Å². The number of nitrogens with zero attached hydrogens (tertiary/aromatic N) is 1. The number of carbonyl (C=O) groups excluding carboxylic acids is 2. The molecule has 3 N–H and O–H groups in total. The van der Waals surface area contributed by atoms with Crippen LogP contribution < -0.4 is 10.6 Å². The largest absolute Gasteiger partial charge is 0.352 e. The number of rotatable bonds is 6. The van der Waals surface area contributed by atoms with Gasteiger partial charge in [-0.15, -0.1) is 0 Å². The Hall–Kier alpha value is -3.15. The SMILES string of the molecule is CC(=O)Nc1nc2ccc(-c3ccc(C(=O)NCCC(C)C)cc3)cc2[nH]1. The van der Waals surface area contributed by atoms with Crippen molar-refractivity contribution in [1.82, 2.24) is 15.3 Å². The van der Waals surface area contributed by atoms with Crippen LogP contribution in [0.5, 0.6) is 0 Å². The lowest BCUT2D eigenvalue weighted by molar-refractivity contribution is -0.114. The van der Waals surface area contributed by atoms with Crippen LogP contribution in [0.4, 0.5) is 5.95 Å². The molecule has 1 heterocycles. The molecule has 27 heavy (non-hydrogen) atoms. The first kappa shape index (κ1) is 18.6. The predicted molar refractivity (Wildman–Crippen MR) is 108 cm³/mol. The lowest BCUT2D eigenvalue weighted by Crippen LogP contribution is -2.25. The molecule has 0 bridgehead atoms. The smallest absolute Gasteiger partial charge is 0.251 e. The summed E-state index contributed by atoms with van der Waals surface area (Å²) < 4.78 is 0. The first-order valence-electron chi connectivity index (χ1n) is 9.08. The van der Waals surface area contributed by atoms with Gasteiger partial charge in [-0.05, 0) is 47.7 Å². The summed E-state index contributed by atoms with van der Waals surface area (Å²) in [7, 11) is 0. The van der Waals surface area contributed by atoms with Crippen LogP contribution in [-0.2, 0) is 4.79 Å². The van der Waals surface area contributed by atoms with Crippen LogP contribution in [0.2, 0.25) is 0 Å². The molecule has 3 rings (SSSR count). The Morgan fingerprint density at radius 1 is 1.07 bits per heavy atom. The first-order valence-corrected chi connectivity index (χ1v) is 9.08. The fourth-order valence-electron chi connectivity index (χ4n) is 2.81. The Morgan fingerprint density at radius 2 is 1.78 bits per heavy atom. The van der Waals surface area contributed by atoms with Crippen molar-refractivity contribution in [3.63, 3.8) is 0 Å². The summed E-state index contributed by atoms with van der Waals surface area (Å²) in [5, 5.41) is 5.59. The number of benzene rings is 2. The predicted octanol–water partition coefficient (Wildman–Crippen LogP) is 3.96. The molecule has 0 fully saturated rings. The van der Waals surface area contributed by atoms with Gasteiger partial charge in [-0.2, -0.15) is 0 Å². The van der Waals surface area contributed by atoms with Crippen molar-refractivity contribution in [2.75, 3.05) is 11.9 Å². The maximum atomic E-state index is 12.2. The third kappa shape index (κ3) is 4.73. The van der Waals surface area contributed by atoms with E-state index in [0.29, 0.717) is 24.0 Å². The summed E-state index contributed by atoms with van der Waals surface area (Å²) in [5.41, 5.74) is 4.28. The van der Waals surface area contributed by atoms with Gasteiger partial charge in [0.05, 0.1) is 11.0 Å². The first-order chi connectivity index (χ1) is 12.9. The minimum absolute atomic E-state index is 0.0498. The highest BCUT2D eigenvalue weighted by molar-refractivity contribution is 5.95. The second-order valence-electron chi connectivity index (χ2n) is 7.01. The molecule has 0 atom stereocenters. The van der Waals surface area contributed by atoms with Crippen LogP contribution in [0.3, 0.4) is 0 Å². The monoisotopic (exact) mass is 364 g/mol. The molecular formula is C21H24N4O2. The molecule has 2 amide bonds. The van der Waals surface area contributed by atoms with Gasteiger partial charge in [0.1, 0.15) is 0 Å². The number of hydrogen-bond donors (Lipinski definition) is 3. The Labute approximate surface area is 158 Å². The molecule has 0 saturated heterocycles. The average Bonchev–Trinajstić information content (AvgIpc) is 3.02. The fourth-order valence-corrected chi connectivity index (χ4v) is 2.81. The number of carbonyl (C=O) groups is 2. The quantitative estimate of drug-likeness (QED) is 0.619. The van der Waals surface area contributed by atoms with Gasteiger partial charge in [0.2, 0.25) is 11.9 Å². The molecule has 0 aliphatic rings. The molecule has 0 radical (unpaired) electrons. The molecule has 140 valence electrons. The van der Waals surface area contributed by atoms with Crippen LogP contribution in [0.25, 0.3) is 22.2 Å². The van der Waals surface area contributed by atoms with E-state index in [9.17, 15) is 9.59 Å². The Balaban J connectivity index is 1.74. The Kier molecular flexibility index (Phi) is 5.54. The summed E-state index contributed by atoms with van der Waals surface area (Å²) >= 11 is 0. The van der Waals surface area contributed by atoms with Gasteiger partial charge in [-0.3, -0.25) is 14.9 Å². The van der Waals surface area contributed by atoms with E-state index in [1.807, 2.05) is 42.5 Å². The van der Waals surface area contributed by atoms with E-state index in [1.54, 1.807) is 0 Å². The summed E-state index contributed by atoms with van der Waals surface area (Å²) in [6.45, 7) is 6.40. The van der Waals surface area contributed by atoms with Crippen molar-refractivity contribution < 1.29 is 9.59 Å². The number of nitrogens with one attached hydrogen (secondary N) is 3. The number of aromatic amines is 1. The van der Waals surface area contributed by atoms with Crippen molar-refractivity contribution in [3.05, 3.63) is 48.0 Å². The van der Waals surface area contributed by atoms with E-state index in [0.717, 1.165) is 28.6 Å². The summed E-state index contributed by atoms with van der Waals surface area (Å²) in [5.74, 6) is 0.780. The van der Waals surface area contributed by atoms with Crippen LogP contribution in [0, 0.1) is 5.92 Å². The maximum absolute atomic E-state index is 12.2. The molecular weight excluding hydrogens is 340 g/mol. The highest BCUT2D eigenvalue weighted by atomic mass is 16.2. The lowest BCUT2D eigenvalue weighted by atomic mass is 10.0. The Morgan fingerprint density at radius 3 is 2.44 bits per heavy atom. The molecule has 0 saturated carbocycles. The van der Waals surface area contributed by atoms with Crippen molar-refractivity contribution in [3.8, 4) is 11.1 Å². The highest BCUT2D eigenvalue weighted by Crippen LogP contribution is 2.24. The Bertz CT molecular complexity index is 958. The minimum atomic E-state index is -0.170. The molecule has 0 aliphatic carbocycles. The number of anilines is 1.